The highest BCUT2D eigenvalue weighted by molar-refractivity contribution is 7.93. The second kappa shape index (κ2) is 5.73. The minimum absolute atomic E-state index is 0.0185. The summed E-state index contributed by atoms with van der Waals surface area (Å²) in [6.45, 7) is 0. The van der Waals surface area contributed by atoms with E-state index in [9.17, 15) is 13.2 Å². The molecule has 0 aliphatic rings. The number of carbonyl (C=O) groups excluding carboxylic acids is 1. The van der Waals surface area contributed by atoms with E-state index in [2.05, 4.69) is 19.4 Å². The maximum Gasteiger partial charge on any atom is 0.349 e. The van der Waals surface area contributed by atoms with Gasteiger partial charge in [0.1, 0.15) is 14.9 Å². The summed E-state index contributed by atoms with van der Waals surface area (Å²) in [6, 6.07) is 1.30. The number of nitrogens with zero attached hydrogens (tertiary/aromatic N) is 2. The number of rotatable bonds is 4. The first-order valence-corrected chi connectivity index (χ1v) is 7.84. The summed E-state index contributed by atoms with van der Waals surface area (Å²) in [7, 11) is -2.80. The standard InChI is InChI=1S/C10H8ClN3O4S2/c1-18-10(15)9-6(2-3-19-9)20(16,17)14-8-5-12-4-7(11)13-8/h2-5H,1H3,(H,13,14). The van der Waals surface area contributed by atoms with Crippen LogP contribution in [0.25, 0.3) is 0 Å². The van der Waals surface area contributed by atoms with Gasteiger partial charge in [-0.05, 0) is 11.4 Å². The molecule has 2 rings (SSSR count). The van der Waals surface area contributed by atoms with E-state index >= 15 is 0 Å². The maximum absolute atomic E-state index is 12.2. The number of ether oxygens (including phenoxy) is 1. The topological polar surface area (TPSA) is 98.2 Å². The van der Waals surface area contributed by atoms with Gasteiger partial charge in [-0.2, -0.15) is 0 Å². The van der Waals surface area contributed by atoms with Crippen LogP contribution in [-0.4, -0.2) is 31.5 Å². The van der Waals surface area contributed by atoms with Crippen LogP contribution in [0.2, 0.25) is 5.15 Å². The SMILES string of the molecule is COC(=O)c1sccc1S(=O)(=O)Nc1cncc(Cl)n1. The number of nitrogens with one attached hydrogen (secondary N) is 1. The fraction of sp³-hybridized carbons (Fsp3) is 0.100. The molecule has 0 bridgehead atoms. The molecular formula is C10H8ClN3O4S2. The van der Waals surface area contributed by atoms with Crippen molar-refractivity contribution in [3.8, 4) is 0 Å². The Kier molecular flexibility index (Phi) is 4.21. The van der Waals surface area contributed by atoms with Crippen LogP contribution in [0.5, 0.6) is 0 Å². The lowest BCUT2D eigenvalue weighted by Crippen LogP contribution is -2.16. The van der Waals surface area contributed by atoms with Gasteiger partial charge < -0.3 is 4.74 Å². The van der Waals surface area contributed by atoms with Crippen LogP contribution in [0, 0.1) is 0 Å². The van der Waals surface area contributed by atoms with Crippen molar-refractivity contribution in [1.82, 2.24) is 9.97 Å². The van der Waals surface area contributed by atoms with Crippen LogP contribution >= 0.6 is 22.9 Å². The van der Waals surface area contributed by atoms with E-state index in [0.29, 0.717) is 0 Å². The molecular weight excluding hydrogens is 326 g/mol. The zero-order chi connectivity index (χ0) is 14.8. The Morgan fingerprint density at radius 3 is 2.85 bits per heavy atom. The molecule has 7 nitrogen and oxygen atoms in total. The first kappa shape index (κ1) is 14.7. The van der Waals surface area contributed by atoms with Gasteiger partial charge in [-0.1, -0.05) is 11.6 Å². The van der Waals surface area contributed by atoms with Crippen LogP contribution in [-0.2, 0) is 14.8 Å². The van der Waals surface area contributed by atoms with Gasteiger partial charge in [0.2, 0.25) is 0 Å². The van der Waals surface area contributed by atoms with Gasteiger partial charge in [-0.25, -0.2) is 18.2 Å². The van der Waals surface area contributed by atoms with Crippen LogP contribution in [0.15, 0.2) is 28.7 Å². The van der Waals surface area contributed by atoms with Gasteiger partial charge in [0, 0.05) is 0 Å². The molecule has 0 amide bonds. The molecule has 0 radical (unpaired) electrons. The Morgan fingerprint density at radius 1 is 1.45 bits per heavy atom. The third-order valence-corrected chi connectivity index (χ3v) is 4.74. The number of aromatic nitrogens is 2. The summed E-state index contributed by atoms with van der Waals surface area (Å²) < 4.78 is 31.1. The third-order valence-electron chi connectivity index (χ3n) is 2.13. The molecule has 2 aromatic rings. The van der Waals surface area contributed by atoms with Gasteiger partial charge >= 0.3 is 5.97 Å². The first-order valence-electron chi connectivity index (χ1n) is 5.10. The average Bonchev–Trinajstić information content (AvgIpc) is 2.87. The Bertz CT molecular complexity index is 744. The highest BCUT2D eigenvalue weighted by Crippen LogP contribution is 2.24. The summed E-state index contributed by atoms with van der Waals surface area (Å²) in [5, 5.41) is 1.52. The largest absolute Gasteiger partial charge is 0.465 e. The van der Waals surface area contributed by atoms with Crippen LogP contribution in [0.1, 0.15) is 9.67 Å². The van der Waals surface area contributed by atoms with E-state index in [0.717, 1.165) is 11.3 Å². The molecule has 106 valence electrons. The molecule has 2 aromatic heterocycles. The zero-order valence-electron chi connectivity index (χ0n) is 10.0. The van der Waals surface area contributed by atoms with Gasteiger partial charge in [-0.3, -0.25) is 9.71 Å². The normalized spacial score (nSPS) is 11.1. The molecule has 0 aliphatic heterocycles. The van der Waals surface area contributed by atoms with Crippen molar-refractivity contribution < 1.29 is 17.9 Å². The summed E-state index contributed by atoms with van der Waals surface area (Å²) in [6.07, 6.45) is 2.47. The van der Waals surface area contributed by atoms with Crippen molar-refractivity contribution in [3.63, 3.8) is 0 Å². The second-order valence-electron chi connectivity index (χ2n) is 3.44. The van der Waals surface area contributed by atoms with Gasteiger partial charge in [-0.15, -0.1) is 11.3 Å². The van der Waals surface area contributed by atoms with Crippen LogP contribution in [0.4, 0.5) is 5.82 Å². The van der Waals surface area contributed by atoms with Crippen molar-refractivity contribution in [3.05, 3.63) is 33.9 Å². The Hall–Kier alpha value is -1.71. The Morgan fingerprint density at radius 2 is 2.20 bits per heavy atom. The number of thiophene rings is 1. The van der Waals surface area contributed by atoms with Gasteiger partial charge in [0.15, 0.2) is 5.82 Å². The third kappa shape index (κ3) is 3.06. The quantitative estimate of drug-likeness (QED) is 0.856. The molecule has 0 spiro atoms. The average molecular weight is 334 g/mol. The number of halogens is 1. The fourth-order valence-electron chi connectivity index (χ4n) is 1.33. The molecule has 1 N–H and O–H groups in total. The van der Waals surface area contributed by atoms with Crippen molar-refractivity contribution in [2.45, 2.75) is 4.90 Å². The smallest absolute Gasteiger partial charge is 0.349 e. The van der Waals surface area contributed by atoms with Gasteiger partial charge in [0.05, 0.1) is 19.5 Å². The lowest BCUT2D eigenvalue weighted by Gasteiger charge is -2.07. The highest BCUT2D eigenvalue weighted by atomic mass is 35.5. The molecule has 0 saturated heterocycles. The maximum atomic E-state index is 12.2. The summed E-state index contributed by atoms with van der Waals surface area (Å²) >= 11 is 6.59. The summed E-state index contributed by atoms with van der Waals surface area (Å²) in [5.74, 6) is -0.767. The molecule has 2 heterocycles. The molecule has 0 fully saturated rings. The van der Waals surface area contributed by atoms with E-state index < -0.39 is 16.0 Å². The van der Waals surface area contributed by atoms with Crippen LogP contribution in [0.3, 0.4) is 0 Å². The van der Waals surface area contributed by atoms with Gasteiger partial charge in [0.25, 0.3) is 10.0 Å². The highest BCUT2D eigenvalue weighted by Gasteiger charge is 2.25. The fourth-order valence-corrected chi connectivity index (χ4v) is 3.80. The zero-order valence-corrected chi connectivity index (χ0v) is 12.4. The molecule has 0 saturated carbocycles. The summed E-state index contributed by atoms with van der Waals surface area (Å²) in [4.78, 5) is 18.8. The second-order valence-corrected chi connectivity index (χ2v) is 6.39. The number of anilines is 1. The Labute approximate surface area is 123 Å². The number of hydrogen-bond acceptors (Lipinski definition) is 7. The van der Waals surface area contributed by atoms with E-state index in [1.165, 1.54) is 30.9 Å². The Balaban J connectivity index is 2.36. The van der Waals surface area contributed by atoms with Crippen molar-refractivity contribution in [2.24, 2.45) is 0 Å². The predicted molar refractivity (Wildman–Crippen MR) is 73.5 cm³/mol. The molecule has 0 aliphatic carbocycles. The predicted octanol–water partition coefficient (Wildman–Crippen LogP) is 1.78. The molecule has 0 aromatic carbocycles. The van der Waals surface area contributed by atoms with E-state index in [1.807, 2.05) is 0 Å². The van der Waals surface area contributed by atoms with E-state index in [1.54, 1.807) is 0 Å². The molecule has 0 unspecified atom stereocenters. The number of sulfonamides is 1. The van der Waals surface area contributed by atoms with Crippen molar-refractivity contribution in [1.29, 1.82) is 0 Å². The number of esters is 1. The summed E-state index contributed by atoms with van der Waals surface area (Å²) in [5.41, 5.74) is 0. The lowest BCUT2D eigenvalue weighted by molar-refractivity contribution is 0.0602. The molecule has 0 atom stereocenters. The van der Waals surface area contributed by atoms with Crippen molar-refractivity contribution in [2.75, 3.05) is 11.8 Å². The molecule has 10 heteroatoms. The number of methoxy groups -OCH3 is 1. The van der Waals surface area contributed by atoms with Crippen LogP contribution < -0.4 is 4.72 Å². The minimum atomic E-state index is -3.97. The minimum Gasteiger partial charge on any atom is -0.465 e. The molecule has 20 heavy (non-hydrogen) atoms. The number of carbonyl (C=O) groups is 1. The van der Waals surface area contributed by atoms with E-state index in [-0.39, 0.29) is 20.7 Å². The first-order chi connectivity index (χ1) is 9.44. The lowest BCUT2D eigenvalue weighted by atomic mass is 10.5. The van der Waals surface area contributed by atoms with E-state index in [4.69, 9.17) is 11.6 Å². The monoisotopic (exact) mass is 333 g/mol. The van der Waals surface area contributed by atoms with Crippen molar-refractivity contribution >= 4 is 44.7 Å². The number of hydrogen-bond donors (Lipinski definition) is 1.